The Labute approximate surface area is 134 Å². The lowest BCUT2D eigenvalue weighted by Gasteiger charge is -2.13. The Hall–Kier alpha value is -2.30. The van der Waals surface area contributed by atoms with Crippen LogP contribution in [-0.2, 0) is 6.54 Å². The van der Waals surface area contributed by atoms with Crippen molar-refractivity contribution in [3.05, 3.63) is 36.4 Å². The standard InChI is InChI=1S/C18H20F2N2O/c1-21(2)13-3-5-15-16-6-4-14(23-10-8-20)12-18(16)22(9-7-19)17(15)11-13/h3-6,11-12H,7-10H2,1-2H3. The number of ether oxygens (including phenoxy) is 1. The molecular formula is C18H20F2N2O. The number of nitrogens with zero attached hydrogens (tertiary/aromatic N) is 2. The molecule has 23 heavy (non-hydrogen) atoms. The largest absolute Gasteiger partial charge is 0.491 e. The van der Waals surface area contributed by atoms with Crippen LogP contribution < -0.4 is 9.64 Å². The average molecular weight is 318 g/mol. The summed E-state index contributed by atoms with van der Waals surface area (Å²) in [7, 11) is 3.96. The van der Waals surface area contributed by atoms with Gasteiger partial charge in [-0.25, -0.2) is 8.78 Å². The van der Waals surface area contributed by atoms with Gasteiger partial charge in [-0.3, -0.25) is 0 Å². The molecule has 5 heteroatoms. The van der Waals surface area contributed by atoms with Crippen LogP contribution in [0, 0.1) is 0 Å². The summed E-state index contributed by atoms with van der Waals surface area (Å²) >= 11 is 0. The predicted octanol–water partition coefficient (Wildman–Crippen LogP) is 4.18. The molecule has 3 nitrogen and oxygen atoms in total. The Morgan fingerprint density at radius 2 is 1.65 bits per heavy atom. The van der Waals surface area contributed by atoms with Gasteiger partial charge in [-0.1, -0.05) is 6.07 Å². The van der Waals surface area contributed by atoms with Crippen LogP contribution in [-0.4, -0.2) is 38.6 Å². The summed E-state index contributed by atoms with van der Waals surface area (Å²) in [6, 6.07) is 11.8. The highest BCUT2D eigenvalue weighted by Crippen LogP contribution is 2.33. The molecule has 2 aromatic carbocycles. The van der Waals surface area contributed by atoms with Crippen LogP contribution in [0.15, 0.2) is 36.4 Å². The molecule has 0 saturated heterocycles. The number of fused-ring (bicyclic) bond motifs is 3. The quantitative estimate of drug-likeness (QED) is 0.678. The number of benzene rings is 2. The number of aromatic nitrogens is 1. The SMILES string of the molecule is CN(C)c1ccc2c3ccc(OCCF)cc3n(CCF)c2c1. The van der Waals surface area contributed by atoms with Gasteiger partial charge in [-0.15, -0.1) is 0 Å². The van der Waals surface area contributed by atoms with Gasteiger partial charge in [0.25, 0.3) is 0 Å². The van der Waals surface area contributed by atoms with E-state index >= 15 is 0 Å². The maximum absolute atomic E-state index is 13.1. The van der Waals surface area contributed by atoms with Gasteiger partial charge in [0.1, 0.15) is 25.7 Å². The Kier molecular flexibility index (Phi) is 4.37. The topological polar surface area (TPSA) is 17.4 Å². The maximum atomic E-state index is 13.1. The molecule has 0 N–H and O–H groups in total. The first-order chi connectivity index (χ1) is 11.2. The first-order valence-corrected chi connectivity index (χ1v) is 7.63. The monoisotopic (exact) mass is 318 g/mol. The lowest BCUT2D eigenvalue weighted by molar-refractivity contribution is 0.273. The average Bonchev–Trinajstić information content (AvgIpc) is 2.86. The predicted molar refractivity (Wildman–Crippen MR) is 91.2 cm³/mol. The third-order valence-electron chi connectivity index (χ3n) is 3.99. The highest BCUT2D eigenvalue weighted by Gasteiger charge is 2.12. The summed E-state index contributed by atoms with van der Waals surface area (Å²) < 4.78 is 32.7. The van der Waals surface area contributed by atoms with E-state index in [1.165, 1.54) is 0 Å². The number of halogens is 2. The van der Waals surface area contributed by atoms with Crippen molar-refractivity contribution in [1.82, 2.24) is 4.57 Å². The van der Waals surface area contributed by atoms with Gasteiger partial charge in [0, 0.05) is 36.6 Å². The van der Waals surface area contributed by atoms with Crippen molar-refractivity contribution in [2.24, 2.45) is 0 Å². The molecule has 122 valence electrons. The summed E-state index contributed by atoms with van der Waals surface area (Å²) in [6.07, 6.45) is 0. The Bertz CT molecular complexity index is 827. The zero-order valence-corrected chi connectivity index (χ0v) is 13.4. The fourth-order valence-electron chi connectivity index (χ4n) is 2.91. The summed E-state index contributed by atoms with van der Waals surface area (Å²) in [5.74, 6) is 0.603. The van der Waals surface area contributed by atoms with E-state index in [2.05, 4.69) is 18.2 Å². The summed E-state index contributed by atoms with van der Waals surface area (Å²) in [5.41, 5.74) is 2.96. The van der Waals surface area contributed by atoms with Gasteiger partial charge in [-0.05, 0) is 24.3 Å². The molecule has 0 unspecified atom stereocenters. The van der Waals surface area contributed by atoms with E-state index in [1.807, 2.05) is 41.8 Å². The van der Waals surface area contributed by atoms with E-state index in [4.69, 9.17) is 4.74 Å². The summed E-state index contributed by atoms with van der Waals surface area (Å²) in [5, 5.41) is 2.13. The molecule has 0 atom stereocenters. The van der Waals surface area contributed by atoms with Crippen LogP contribution in [0.4, 0.5) is 14.5 Å². The molecule has 3 aromatic rings. The number of alkyl halides is 2. The van der Waals surface area contributed by atoms with Crippen LogP contribution in [0.2, 0.25) is 0 Å². The van der Waals surface area contributed by atoms with Gasteiger partial charge in [-0.2, -0.15) is 0 Å². The molecule has 0 bridgehead atoms. The fraction of sp³-hybridized carbons (Fsp3) is 0.333. The molecule has 0 aliphatic heterocycles. The number of aryl methyl sites for hydroxylation is 1. The zero-order chi connectivity index (χ0) is 16.4. The van der Waals surface area contributed by atoms with Crippen LogP contribution in [0.5, 0.6) is 5.75 Å². The Balaban J connectivity index is 2.22. The molecule has 0 fully saturated rings. The smallest absolute Gasteiger partial charge is 0.123 e. The second kappa shape index (κ2) is 6.44. The van der Waals surface area contributed by atoms with Gasteiger partial charge in [0.05, 0.1) is 17.6 Å². The number of hydrogen-bond acceptors (Lipinski definition) is 2. The molecule has 0 amide bonds. The molecule has 0 aliphatic rings. The fourth-order valence-corrected chi connectivity index (χ4v) is 2.91. The molecule has 0 aliphatic carbocycles. The van der Waals surface area contributed by atoms with Crippen molar-refractivity contribution in [2.75, 3.05) is 39.0 Å². The molecule has 3 rings (SSSR count). The van der Waals surface area contributed by atoms with E-state index < -0.39 is 13.3 Å². The molecule has 1 heterocycles. The highest BCUT2D eigenvalue weighted by atomic mass is 19.1. The normalized spacial score (nSPS) is 11.3. The molecule has 0 spiro atoms. The zero-order valence-electron chi connectivity index (χ0n) is 13.4. The minimum absolute atomic E-state index is 0.0274. The summed E-state index contributed by atoms with van der Waals surface area (Å²) in [4.78, 5) is 2.02. The second-order valence-electron chi connectivity index (χ2n) is 5.65. The summed E-state index contributed by atoms with van der Waals surface area (Å²) in [6.45, 7) is -0.665. The highest BCUT2D eigenvalue weighted by molar-refractivity contribution is 6.09. The first-order valence-electron chi connectivity index (χ1n) is 7.63. The van der Waals surface area contributed by atoms with Crippen LogP contribution in [0.3, 0.4) is 0 Å². The van der Waals surface area contributed by atoms with Crippen LogP contribution in [0.25, 0.3) is 21.8 Å². The Morgan fingerprint density at radius 1 is 0.957 bits per heavy atom. The third-order valence-corrected chi connectivity index (χ3v) is 3.99. The van der Waals surface area contributed by atoms with E-state index in [9.17, 15) is 8.78 Å². The Morgan fingerprint density at radius 3 is 2.30 bits per heavy atom. The van der Waals surface area contributed by atoms with Crippen molar-refractivity contribution in [2.45, 2.75) is 6.54 Å². The molecular weight excluding hydrogens is 298 g/mol. The van der Waals surface area contributed by atoms with Gasteiger partial charge < -0.3 is 14.2 Å². The molecule has 0 saturated carbocycles. The van der Waals surface area contributed by atoms with Crippen molar-refractivity contribution in [3.8, 4) is 5.75 Å². The molecule has 1 aromatic heterocycles. The van der Waals surface area contributed by atoms with E-state index in [-0.39, 0.29) is 13.2 Å². The van der Waals surface area contributed by atoms with Crippen molar-refractivity contribution in [3.63, 3.8) is 0 Å². The van der Waals surface area contributed by atoms with Crippen molar-refractivity contribution < 1.29 is 13.5 Å². The first kappa shape index (κ1) is 15.6. The van der Waals surface area contributed by atoms with Crippen LogP contribution >= 0.6 is 0 Å². The molecule has 0 radical (unpaired) electrons. The third kappa shape index (κ3) is 2.83. The number of hydrogen-bond donors (Lipinski definition) is 0. The van der Waals surface area contributed by atoms with Crippen LogP contribution in [0.1, 0.15) is 0 Å². The van der Waals surface area contributed by atoms with Gasteiger partial charge in [0.15, 0.2) is 0 Å². The van der Waals surface area contributed by atoms with E-state index in [0.29, 0.717) is 5.75 Å². The van der Waals surface area contributed by atoms with Gasteiger partial charge >= 0.3 is 0 Å². The number of anilines is 1. The van der Waals surface area contributed by atoms with Gasteiger partial charge in [0.2, 0.25) is 0 Å². The maximum Gasteiger partial charge on any atom is 0.123 e. The lowest BCUT2D eigenvalue weighted by Crippen LogP contribution is -2.08. The van der Waals surface area contributed by atoms with E-state index in [1.54, 1.807) is 0 Å². The van der Waals surface area contributed by atoms with Crippen molar-refractivity contribution >= 4 is 27.5 Å². The van der Waals surface area contributed by atoms with E-state index in [0.717, 1.165) is 27.5 Å². The minimum Gasteiger partial charge on any atom is -0.491 e. The number of rotatable bonds is 6. The lowest BCUT2D eigenvalue weighted by atomic mass is 10.1. The van der Waals surface area contributed by atoms with Crippen molar-refractivity contribution in [1.29, 1.82) is 0 Å². The minimum atomic E-state index is -0.530. The second-order valence-corrected chi connectivity index (χ2v) is 5.65.